The molecule has 40 heavy (non-hydrogen) atoms. The molecule has 0 fully saturated rings. The molecule has 0 aliphatic carbocycles. The van der Waals surface area contributed by atoms with Gasteiger partial charge in [-0.3, -0.25) is 9.78 Å². The monoisotopic (exact) mass is 714 g/mol. The minimum Gasteiger partial charge on any atom is -0.512 e. The number of fused-ring (bicyclic) bond motifs is 5. The van der Waals surface area contributed by atoms with Crippen LogP contribution in [0.4, 0.5) is 0 Å². The molecule has 0 aliphatic heterocycles. The van der Waals surface area contributed by atoms with Crippen molar-refractivity contribution in [3.8, 4) is 11.3 Å². The van der Waals surface area contributed by atoms with Crippen LogP contribution in [-0.2, 0) is 24.9 Å². The average molecular weight is 714 g/mol. The third-order valence-electron chi connectivity index (χ3n) is 6.69. The normalized spacial score (nSPS) is 12.4. The van der Waals surface area contributed by atoms with Crippen LogP contribution in [0.25, 0.3) is 44.1 Å². The number of hydrogen-bond acceptors (Lipinski definition) is 5. The van der Waals surface area contributed by atoms with Gasteiger partial charge in [-0.1, -0.05) is 91.6 Å². The zero-order chi connectivity index (χ0) is 28.5. The topological polar surface area (TPSA) is 76.2 Å². The SMILES string of the molecule is CC(C)(C)C(=O)/C=C(\O)C(C)(C)C.CC(C)c1c[c-]c(-c2ncnc3oc4ccc5ccccc5c4c23)cc1.[Ir]. The third-order valence-corrected chi connectivity index (χ3v) is 6.69. The predicted molar refractivity (Wildman–Crippen MR) is 160 cm³/mol. The van der Waals surface area contributed by atoms with Crippen molar-refractivity contribution in [1.29, 1.82) is 0 Å². The van der Waals surface area contributed by atoms with Crippen molar-refractivity contribution in [2.45, 2.75) is 61.3 Å². The van der Waals surface area contributed by atoms with Gasteiger partial charge < -0.3 is 9.52 Å². The molecule has 6 heteroatoms. The van der Waals surface area contributed by atoms with Crippen LogP contribution in [0, 0.1) is 16.9 Å². The average Bonchev–Trinajstić information content (AvgIpc) is 3.27. The van der Waals surface area contributed by atoms with E-state index in [1.165, 1.54) is 17.0 Å². The fraction of sp³-hybridized carbons (Fsp3) is 0.324. The van der Waals surface area contributed by atoms with Crippen LogP contribution in [0.5, 0.6) is 0 Å². The predicted octanol–water partition coefficient (Wildman–Crippen LogP) is 9.21. The van der Waals surface area contributed by atoms with Crippen LogP contribution >= 0.6 is 0 Å². The van der Waals surface area contributed by atoms with E-state index in [1.807, 2.05) is 65.8 Å². The van der Waals surface area contributed by atoms with Crippen molar-refractivity contribution in [1.82, 2.24) is 9.97 Å². The molecule has 0 aliphatic rings. The summed E-state index contributed by atoms with van der Waals surface area (Å²) in [7, 11) is 0. The minimum atomic E-state index is -0.417. The number of rotatable bonds is 3. The number of benzene rings is 3. The number of aliphatic hydroxyl groups is 1. The van der Waals surface area contributed by atoms with Crippen LogP contribution in [0.2, 0.25) is 0 Å². The first kappa shape index (κ1) is 31.2. The summed E-state index contributed by atoms with van der Waals surface area (Å²) in [5.74, 6) is 0.580. The summed E-state index contributed by atoms with van der Waals surface area (Å²) in [6.45, 7) is 15.5. The summed E-state index contributed by atoms with van der Waals surface area (Å²) in [5, 5.41) is 13.9. The molecule has 0 unspecified atom stereocenters. The standard InChI is InChI=1S/C23H17N2O.C11H20O2.Ir/c1-14(2)15-7-9-17(10-8-15)22-21-20-18-6-4-3-5-16(18)11-12-19(20)26-23(21)25-13-24-22;1-10(2,3)8(12)7-9(13)11(4,5)6;/h3-9,11-14H,1-2H3;7,12H,1-6H3;/q-1;;/b;8-7-;. The molecule has 5 nitrogen and oxygen atoms in total. The van der Waals surface area contributed by atoms with Crippen molar-refractivity contribution in [2.75, 3.05) is 0 Å². The maximum absolute atomic E-state index is 11.5. The maximum Gasteiger partial charge on any atom is 0.221 e. The van der Waals surface area contributed by atoms with Crippen LogP contribution in [0.1, 0.15) is 66.9 Å². The number of carbonyl (C=O) groups is 1. The molecule has 0 spiro atoms. The number of aromatic nitrogens is 2. The Morgan fingerprint density at radius 3 is 2.23 bits per heavy atom. The van der Waals surface area contributed by atoms with Gasteiger partial charge in [0.15, 0.2) is 5.78 Å². The van der Waals surface area contributed by atoms with E-state index < -0.39 is 5.41 Å². The first-order chi connectivity index (χ1) is 18.3. The molecule has 5 aromatic rings. The Balaban J connectivity index is 0.000000272. The fourth-order valence-electron chi connectivity index (χ4n) is 4.08. The quantitative estimate of drug-likeness (QED) is 0.115. The van der Waals surface area contributed by atoms with Crippen LogP contribution in [0.3, 0.4) is 0 Å². The third kappa shape index (κ3) is 6.68. The van der Waals surface area contributed by atoms with E-state index >= 15 is 0 Å². The van der Waals surface area contributed by atoms with E-state index in [9.17, 15) is 9.90 Å². The van der Waals surface area contributed by atoms with Crippen LogP contribution < -0.4 is 0 Å². The number of ketones is 1. The molecule has 5 rings (SSSR count). The fourth-order valence-corrected chi connectivity index (χ4v) is 4.08. The Kier molecular flexibility index (Phi) is 9.38. The van der Waals surface area contributed by atoms with E-state index in [2.05, 4.69) is 60.2 Å². The summed E-state index contributed by atoms with van der Waals surface area (Å²) in [5.41, 5.74) is 3.77. The summed E-state index contributed by atoms with van der Waals surface area (Å²) in [4.78, 5) is 20.4. The molecule has 1 radical (unpaired) electrons. The van der Waals surface area contributed by atoms with Crippen LogP contribution in [-0.4, -0.2) is 20.9 Å². The molecular formula is C34H37IrN2O3-. The van der Waals surface area contributed by atoms with Gasteiger partial charge in [-0.2, -0.15) is 0 Å². The van der Waals surface area contributed by atoms with E-state index in [1.54, 1.807) is 6.33 Å². The molecule has 0 saturated heterocycles. The van der Waals surface area contributed by atoms with Crippen molar-refractivity contribution >= 4 is 38.6 Å². The molecule has 2 aromatic heterocycles. The number of nitrogens with zero attached hydrogens (tertiary/aromatic N) is 2. The minimum absolute atomic E-state index is 0. The Morgan fingerprint density at radius 2 is 1.62 bits per heavy atom. The second kappa shape index (κ2) is 12.0. The summed E-state index contributed by atoms with van der Waals surface area (Å²) < 4.78 is 6.02. The number of carbonyl (C=O) groups excluding carboxylic acids is 1. The van der Waals surface area contributed by atoms with Gasteiger partial charge in [0, 0.05) is 53.5 Å². The largest absolute Gasteiger partial charge is 0.512 e. The Bertz CT molecular complexity index is 1670. The number of aliphatic hydroxyl groups excluding tert-OH is 1. The first-order valence-corrected chi connectivity index (χ1v) is 13.3. The molecule has 211 valence electrons. The van der Waals surface area contributed by atoms with Crippen molar-refractivity contribution < 1.29 is 34.4 Å². The van der Waals surface area contributed by atoms with Gasteiger partial charge in [-0.15, -0.1) is 35.4 Å². The molecule has 0 amide bonds. The van der Waals surface area contributed by atoms with Gasteiger partial charge in [0.25, 0.3) is 0 Å². The van der Waals surface area contributed by atoms with Gasteiger partial charge in [0.05, 0.1) is 0 Å². The van der Waals surface area contributed by atoms with Gasteiger partial charge in [0.1, 0.15) is 17.7 Å². The van der Waals surface area contributed by atoms with E-state index in [0.29, 0.717) is 11.6 Å². The molecule has 2 heterocycles. The second-order valence-corrected chi connectivity index (χ2v) is 12.2. The zero-order valence-electron chi connectivity index (χ0n) is 24.4. The van der Waals surface area contributed by atoms with Gasteiger partial charge in [-0.05, 0) is 16.8 Å². The molecule has 3 aromatic carbocycles. The van der Waals surface area contributed by atoms with E-state index in [0.717, 1.165) is 33.0 Å². The van der Waals surface area contributed by atoms with E-state index in [4.69, 9.17) is 4.42 Å². The number of furan rings is 1. The number of allylic oxidation sites excluding steroid dienone is 2. The molecular weight excluding hydrogens is 677 g/mol. The maximum atomic E-state index is 11.5. The Hall–Kier alpha value is -3.34. The Labute approximate surface area is 250 Å². The summed E-state index contributed by atoms with van der Waals surface area (Å²) >= 11 is 0. The first-order valence-electron chi connectivity index (χ1n) is 13.3. The van der Waals surface area contributed by atoms with Gasteiger partial charge >= 0.3 is 0 Å². The molecule has 0 bridgehead atoms. The molecule has 1 N–H and O–H groups in total. The van der Waals surface area contributed by atoms with Crippen molar-refractivity contribution in [2.24, 2.45) is 10.8 Å². The van der Waals surface area contributed by atoms with Gasteiger partial charge in [0.2, 0.25) is 5.71 Å². The summed E-state index contributed by atoms with van der Waals surface area (Å²) in [6, 6.07) is 22.1. The molecule has 0 saturated carbocycles. The Morgan fingerprint density at radius 1 is 0.925 bits per heavy atom. The summed E-state index contributed by atoms with van der Waals surface area (Å²) in [6.07, 6.45) is 2.90. The van der Waals surface area contributed by atoms with Crippen LogP contribution in [0.15, 0.2) is 77.2 Å². The van der Waals surface area contributed by atoms with Crippen molar-refractivity contribution in [3.63, 3.8) is 0 Å². The van der Waals surface area contributed by atoms with Crippen molar-refractivity contribution in [3.05, 3.63) is 84.4 Å². The molecule has 0 atom stereocenters. The second-order valence-electron chi connectivity index (χ2n) is 12.2. The van der Waals surface area contributed by atoms with Gasteiger partial charge in [-0.25, -0.2) is 4.98 Å². The van der Waals surface area contributed by atoms with E-state index in [-0.39, 0.29) is 37.1 Å². The zero-order valence-corrected chi connectivity index (χ0v) is 26.8. The smallest absolute Gasteiger partial charge is 0.221 e. The number of hydrogen-bond donors (Lipinski definition) is 1.